The minimum atomic E-state index is -0.330. The van der Waals surface area contributed by atoms with E-state index in [1.807, 2.05) is 18.2 Å². The molecule has 2 nitrogen and oxygen atoms in total. The molecular weight excluding hydrogens is 375 g/mol. The van der Waals surface area contributed by atoms with Crippen molar-refractivity contribution < 1.29 is 9.09 Å². The van der Waals surface area contributed by atoms with Gasteiger partial charge in [0.2, 0.25) is 0 Å². The average molecular weight is 404 g/mol. The molecule has 0 bridgehead atoms. The number of aryl methyl sites for hydroxylation is 2. The molecule has 0 aromatic heterocycles. The number of benzene rings is 3. The van der Waals surface area contributed by atoms with Crippen molar-refractivity contribution in [2.75, 3.05) is 0 Å². The van der Waals surface area contributed by atoms with Crippen LogP contribution < -0.4 is 4.52 Å². The van der Waals surface area contributed by atoms with Crippen molar-refractivity contribution in [3.63, 3.8) is 0 Å². The van der Waals surface area contributed by atoms with E-state index in [9.17, 15) is 4.57 Å². The summed E-state index contributed by atoms with van der Waals surface area (Å²) in [5.41, 5.74) is 7.26. The van der Waals surface area contributed by atoms with E-state index >= 15 is 0 Å². The van der Waals surface area contributed by atoms with E-state index in [-0.39, 0.29) is 8.69 Å². The zero-order valence-corrected chi connectivity index (χ0v) is 18.3. The molecule has 3 aromatic rings. The standard InChI is InChI=1S/C26H29O2P/c1-3-5-12-21-16-10-17-22(13-6-4-2)25(21)26-23(20-14-8-7-9-15-20)18-11-19-24(26)28-29-27/h7-11,14-19H,3-6,12-13H2,1-2H3. The summed E-state index contributed by atoms with van der Waals surface area (Å²) in [4.78, 5) is 0. The van der Waals surface area contributed by atoms with Crippen LogP contribution in [0, 0.1) is 0 Å². The summed E-state index contributed by atoms with van der Waals surface area (Å²) in [6.07, 6.45) is 6.66. The monoisotopic (exact) mass is 404 g/mol. The largest absolute Gasteiger partial charge is 0.407 e. The van der Waals surface area contributed by atoms with Gasteiger partial charge in [0.1, 0.15) is 5.75 Å². The Morgan fingerprint density at radius 1 is 0.724 bits per heavy atom. The van der Waals surface area contributed by atoms with E-state index in [1.54, 1.807) is 0 Å². The molecule has 0 amide bonds. The molecule has 0 fully saturated rings. The highest BCUT2D eigenvalue weighted by Crippen LogP contribution is 2.44. The molecule has 0 atom stereocenters. The van der Waals surface area contributed by atoms with Crippen molar-refractivity contribution in [2.24, 2.45) is 0 Å². The van der Waals surface area contributed by atoms with Crippen molar-refractivity contribution >= 4 is 8.69 Å². The van der Waals surface area contributed by atoms with Gasteiger partial charge in [-0.1, -0.05) is 87.4 Å². The van der Waals surface area contributed by atoms with Crippen LogP contribution in [-0.2, 0) is 17.4 Å². The molecule has 0 aliphatic rings. The lowest BCUT2D eigenvalue weighted by Crippen LogP contribution is -2.00. The summed E-state index contributed by atoms with van der Waals surface area (Å²) in [6, 6.07) is 23.1. The molecule has 3 rings (SSSR count). The number of hydrogen-bond acceptors (Lipinski definition) is 2. The topological polar surface area (TPSA) is 26.3 Å². The first-order valence-electron chi connectivity index (χ1n) is 10.6. The molecular formula is C26H29O2P. The fourth-order valence-corrected chi connectivity index (χ4v) is 4.12. The molecule has 0 spiro atoms. The van der Waals surface area contributed by atoms with E-state index in [0.717, 1.165) is 55.2 Å². The van der Waals surface area contributed by atoms with Crippen LogP contribution in [-0.4, -0.2) is 0 Å². The second kappa shape index (κ2) is 10.9. The van der Waals surface area contributed by atoms with Gasteiger partial charge in [0.25, 0.3) is 0 Å². The van der Waals surface area contributed by atoms with Gasteiger partial charge in [0, 0.05) is 5.56 Å². The third-order valence-electron chi connectivity index (χ3n) is 5.33. The fraction of sp³-hybridized carbons (Fsp3) is 0.308. The third kappa shape index (κ3) is 5.14. The van der Waals surface area contributed by atoms with Gasteiger partial charge in [-0.05, 0) is 59.6 Å². The second-order valence-corrected chi connectivity index (χ2v) is 7.70. The average Bonchev–Trinajstić information content (AvgIpc) is 2.77. The lowest BCUT2D eigenvalue weighted by molar-refractivity contribution is 0.526. The maximum absolute atomic E-state index is 11.4. The van der Waals surface area contributed by atoms with E-state index in [4.69, 9.17) is 4.52 Å². The van der Waals surface area contributed by atoms with Crippen LogP contribution >= 0.6 is 8.69 Å². The van der Waals surface area contributed by atoms with Crippen molar-refractivity contribution in [3.05, 3.63) is 77.9 Å². The predicted molar refractivity (Wildman–Crippen MR) is 123 cm³/mol. The summed E-state index contributed by atoms with van der Waals surface area (Å²) in [5, 5.41) is 0. The minimum absolute atomic E-state index is 0.330. The van der Waals surface area contributed by atoms with Crippen LogP contribution in [0.1, 0.15) is 50.7 Å². The summed E-state index contributed by atoms with van der Waals surface area (Å²) >= 11 is 0. The van der Waals surface area contributed by atoms with Gasteiger partial charge in [-0.25, -0.2) is 4.57 Å². The lowest BCUT2D eigenvalue weighted by atomic mass is 9.85. The Bertz CT molecular complexity index is 908. The van der Waals surface area contributed by atoms with Gasteiger partial charge in [0.05, 0.1) is 0 Å². The van der Waals surface area contributed by atoms with Crippen LogP contribution in [0.2, 0.25) is 0 Å². The molecule has 0 radical (unpaired) electrons. The van der Waals surface area contributed by atoms with Crippen LogP contribution in [0.3, 0.4) is 0 Å². The summed E-state index contributed by atoms with van der Waals surface area (Å²) < 4.78 is 17.0. The minimum Gasteiger partial charge on any atom is -0.407 e. The van der Waals surface area contributed by atoms with Gasteiger partial charge < -0.3 is 4.52 Å². The SMILES string of the molecule is CCCCc1cccc(CCCC)c1-c1c(OP=O)cccc1-c1ccccc1. The van der Waals surface area contributed by atoms with Crippen molar-refractivity contribution in [1.29, 1.82) is 0 Å². The summed E-state index contributed by atoms with van der Waals surface area (Å²) in [5.74, 6) is 0.671. The third-order valence-corrected chi connectivity index (χ3v) is 5.60. The van der Waals surface area contributed by atoms with E-state index in [1.165, 1.54) is 16.7 Å². The Balaban J connectivity index is 2.29. The molecule has 0 saturated heterocycles. The van der Waals surface area contributed by atoms with E-state index in [2.05, 4.69) is 62.4 Å². The molecule has 0 aliphatic heterocycles. The molecule has 0 N–H and O–H groups in total. The Morgan fingerprint density at radius 2 is 1.34 bits per heavy atom. The summed E-state index contributed by atoms with van der Waals surface area (Å²) in [6.45, 7) is 4.45. The first-order chi connectivity index (χ1) is 14.3. The normalized spacial score (nSPS) is 11.0. The molecule has 29 heavy (non-hydrogen) atoms. The molecule has 0 aliphatic carbocycles. The van der Waals surface area contributed by atoms with Gasteiger partial charge in [-0.15, -0.1) is 0 Å². The Morgan fingerprint density at radius 3 is 1.93 bits per heavy atom. The first kappa shape index (κ1) is 21.3. The van der Waals surface area contributed by atoms with Crippen LogP contribution in [0.4, 0.5) is 0 Å². The highest BCUT2D eigenvalue weighted by molar-refractivity contribution is 7.17. The Labute approximate surface area is 176 Å². The quantitative estimate of drug-likeness (QED) is 0.318. The van der Waals surface area contributed by atoms with Crippen LogP contribution in [0.25, 0.3) is 22.3 Å². The zero-order chi connectivity index (χ0) is 20.5. The van der Waals surface area contributed by atoms with Gasteiger partial charge >= 0.3 is 8.69 Å². The predicted octanol–water partition coefficient (Wildman–Crippen LogP) is 8.29. The number of unbranched alkanes of at least 4 members (excludes halogenated alkanes) is 2. The Kier molecular flexibility index (Phi) is 8.02. The first-order valence-corrected chi connectivity index (χ1v) is 11.3. The second-order valence-electron chi connectivity index (χ2n) is 7.37. The lowest BCUT2D eigenvalue weighted by Gasteiger charge is -2.20. The molecule has 3 heteroatoms. The highest BCUT2D eigenvalue weighted by atomic mass is 31.1. The molecule has 0 heterocycles. The van der Waals surface area contributed by atoms with E-state index < -0.39 is 0 Å². The smallest absolute Gasteiger partial charge is 0.395 e. The van der Waals surface area contributed by atoms with E-state index in [0.29, 0.717) is 5.75 Å². The van der Waals surface area contributed by atoms with Gasteiger partial charge in [0.15, 0.2) is 0 Å². The number of hydrogen-bond donors (Lipinski definition) is 0. The molecule has 150 valence electrons. The van der Waals surface area contributed by atoms with Crippen LogP contribution in [0.15, 0.2) is 66.7 Å². The van der Waals surface area contributed by atoms with Crippen LogP contribution in [0.5, 0.6) is 5.75 Å². The van der Waals surface area contributed by atoms with Crippen molar-refractivity contribution in [2.45, 2.75) is 52.4 Å². The zero-order valence-electron chi connectivity index (χ0n) is 17.4. The molecule has 0 unspecified atom stereocenters. The number of rotatable bonds is 10. The van der Waals surface area contributed by atoms with Gasteiger partial charge in [-0.2, -0.15) is 0 Å². The van der Waals surface area contributed by atoms with Crippen molar-refractivity contribution in [1.82, 2.24) is 0 Å². The molecule has 0 saturated carbocycles. The maximum atomic E-state index is 11.4. The fourth-order valence-electron chi connectivity index (χ4n) is 3.89. The maximum Gasteiger partial charge on any atom is 0.395 e. The van der Waals surface area contributed by atoms with Gasteiger partial charge in [-0.3, -0.25) is 0 Å². The Hall–Kier alpha value is -2.44. The summed E-state index contributed by atoms with van der Waals surface area (Å²) in [7, 11) is -0.330. The molecule has 3 aromatic carbocycles. The highest BCUT2D eigenvalue weighted by Gasteiger charge is 2.20. The van der Waals surface area contributed by atoms with Crippen molar-refractivity contribution in [3.8, 4) is 28.0 Å².